The Morgan fingerprint density at radius 2 is 1.76 bits per heavy atom. The highest BCUT2D eigenvalue weighted by molar-refractivity contribution is 7.21. The average Bonchev–Trinajstić information content (AvgIpc) is 3.13. The molecule has 0 aliphatic rings. The lowest BCUT2D eigenvalue weighted by molar-refractivity contribution is 0.103. The van der Waals surface area contributed by atoms with E-state index in [1.807, 2.05) is 30.3 Å². The zero-order valence-electron chi connectivity index (χ0n) is 15.0. The summed E-state index contributed by atoms with van der Waals surface area (Å²) >= 11 is 1.27. The molecule has 1 aromatic heterocycles. The molecule has 0 unspecified atom stereocenters. The first-order valence-corrected chi connectivity index (χ1v) is 9.52. The van der Waals surface area contributed by atoms with Gasteiger partial charge in [-0.15, -0.1) is 11.3 Å². The first kappa shape index (κ1) is 18.8. The van der Waals surface area contributed by atoms with E-state index in [0.717, 1.165) is 16.2 Å². The maximum Gasteiger partial charge on any atom is 0.206 e. The van der Waals surface area contributed by atoms with Crippen LogP contribution in [0.4, 0.5) is 8.78 Å². The summed E-state index contributed by atoms with van der Waals surface area (Å²) in [4.78, 5) is 13.5. The predicted octanol–water partition coefficient (Wildman–Crippen LogP) is 5.86. The number of carbonyl (C=O) groups is 1. The summed E-state index contributed by atoms with van der Waals surface area (Å²) in [6.45, 7) is -0.210. The van der Waals surface area contributed by atoms with Crippen LogP contribution in [-0.4, -0.2) is 5.78 Å². The molecule has 29 heavy (non-hydrogen) atoms. The highest BCUT2D eigenvalue weighted by Gasteiger charge is 2.22. The summed E-state index contributed by atoms with van der Waals surface area (Å²) in [5.74, 6) is -1.84. The van der Waals surface area contributed by atoms with Crippen molar-refractivity contribution in [2.45, 2.75) is 6.61 Å². The summed E-state index contributed by atoms with van der Waals surface area (Å²) in [5.41, 5.74) is 0.935. The number of hydrogen-bond donors (Lipinski definition) is 0. The fourth-order valence-corrected chi connectivity index (χ4v) is 4.06. The second-order valence-electron chi connectivity index (χ2n) is 6.28. The zero-order chi connectivity index (χ0) is 20.4. The second-order valence-corrected chi connectivity index (χ2v) is 7.33. The summed E-state index contributed by atoms with van der Waals surface area (Å²) in [5, 5.41) is 9.66. The minimum atomic E-state index is -0.966. The number of fused-ring (bicyclic) bond motifs is 1. The summed E-state index contributed by atoms with van der Waals surface area (Å²) in [6.07, 6.45) is 0. The molecule has 0 saturated heterocycles. The molecule has 4 aromatic rings. The first-order valence-electron chi connectivity index (χ1n) is 8.70. The Hall–Kier alpha value is -3.56. The molecule has 0 radical (unpaired) electrons. The van der Waals surface area contributed by atoms with Crippen LogP contribution in [0.2, 0.25) is 0 Å². The monoisotopic (exact) mass is 405 g/mol. The van der Waals surface area contributed by atoms with Crippen LogP contribution in [0.3, 0.4) is 0 Å². The highest BCUT2D eigenvalue weighted by Crippen LogP contribution is 2.39. The Bertz CT molecular complexity index is 1260. The van der Waals surface area contributed by atoms with Crippen LogP contribution in [0.1, 0.15) is 26.4 Å². The smallest absolute Gasteiger partial charge is 0.206 e. The molecule has 0 fully saturated rings. The zero-order valence-corrected chi connectivity index (χ0v) is 15.8. The SMILES string of the molecule is N#Cc1ccc(C(=O)c2sc3ccccc3c2OCc2cccc(F)c2F)cc1. The minimum Gasteiger partial charge on any atom is -0.486 e. The molecule has 4 rings (SSSR count). The van der Waals surface area contributed by atoms with Crippen molar-refractivity contribution in [3.8, 4) is 11.8 Å². The third kappa shape index (κ3) is 3.60. The number of hydrogen-bond acceptors (Lipinski definition) is 4. The van der Waals surface area contributed by atoms with Gasteiger partial charge < -0.3 is 4.74 Å². The normalized spacial score (nSPS) is 10.7. The molecule has 3 nitrogen and oxygen atoms in total. The quantitative estimate of drug-likeness (QED) is 0.391. The Kier molecular flexibility index (Phi) is 5.07. The first-order chi connectivity index (χ1) is 14.1. The van der Waals surface area contributed by atoms with Crippen molar-refractivity contribution in [2.24, 2.45) is 0 Å². The maximum atomic E-state index is 14.0. The largest absolute Gasteiger partial charge is 0.486 e. The second kappa shape index (κ2) is 7.82. The molecule has 142 valence electrons. The van der Waals surface area contributed by atoms with Crippen LogP contribution in [-0.2, 0) is 6.61 Å². The number of benzene rings is 3. The molecule has 0 aliphatic carbocycles. The molecule has 1 heterocycles. The van der Waals surface area contributed by atoms with Gasteiger partial charge in [0.25, 0.3) is 0 Å². The van der Waals surface area contributed by atoms with Crippen molar-refractivity contribution < 1.29 is 18.3 Å². The Morgan fingerprint density at radius 1 is 1.00 bits per heavy atom. The Morgan fingerprint density at radius 3 is 2.52 bits per heavy atom. The number of ketones is 1. The van der Waals surface area contributed by atoms with E-state index in [1.54, 1.807) is 24.3 Å². The molecule has 3 aromatic carbocycles. The molecule has 6 heteroatoms. The Labute approximate surface area is 169 Å². The van der Waals surface area contributed by atoms with Crippen LogP contribution in [0, 0.1) is 23.0 Å². The van der Waals surface area contributed by atoms with Crippen molar-refractivity contribution in [3.63, 3.8) is 0 Å². The Balaban J connectivity index is 1.73. The third-order valence-electron chi connectivity index (χ3n) is 4.44. The van der Waals surface area contributed by atoms with Gasteiger partial charge in [-0.1, -0.05) is 24.3 Å². The average molecular weight is 405 g/mol. The predicted molar refractivity (Wildman–Crippen MR) is 107 cm³/mol. The molecule has 0 amide bonds. The van der Waals surface area contributed by atoms with Crippen molar-refractivity contribution in [1.82, 2.24) is 0 Å². The standard InChI is InChI=1S/C23H13F2NO2S/c24-18-6-3-4-16(20(18)25)13-28-22-17-5-1-2-7-19(17)29-23(22)21(27)15-10-8-14(12-26)9-11-15/h1-11H,13H2. The highest BCUT2D eigenvalue weighted by atomic mass is 32.1. The molecular weight excluding hydrogens is 392 g/mol. The molecule has 0 spiro atoms. The van der Waals surface area contributed by atoms with E-state index in [1.165, 1.54) is 23.5 Å². The summed E-state index contributed by atoms with van der Waals surface area (Å²) < 4.78 is 34.2. The van der Waals surface area contributed by atoms with Gasteiger partial charge in [0.15, 0.2) is 11.6 Å². The summed E-state index contributed by atoms with van der Waals surface area (Å²) in [6, 6.07) is 19.6. The number of rotatable bonds is 5. The van der Waals surface area contributed by atoms with Crippen LogP contribution in [0.5, 0.6) is 5.75 Å². The van der Waals surface area contributed by atoms with E-state index in [2.05, 4.69) is 0 Å². The van der Waals surface area contributed by atoms with Gasteiger partial charge >= 0.3 is 0 Å². The fourth-order valence-electron chi connectivity index (χ4n) is 2.95. The number of carbonyl (C=O) groups excluding carboxylic acids is 1. The van der Waals surface area contributed by atoms with E-state index >= 15 is 0 Å². The third-order valence-corrected chi connectivity index (χ3v) is 5.59. The molecule has 0 bridgehead atoms. The van der Waals surface area contributed by atoms with Crippen LogP contribution >= 0.6 is 11.3 Å². The van der Waals surface area contributed by atoms with Gasteiger partial charge in [-0.25, -0.2) is 8.78 Å². The number of nitriles is 1. The lowest BCUT2D eigenvalue weighted by Crippen LogP contribution is -2.05. The molecule has 0 N–H and O–H groups in total. The maximum absolute atomic E-state index is 14.0. The fraction of sp³-hybridized carbons (Fsp3) is 0.0435. The van der Waals surface area contributed by atoms with E-state index in [9.17, 15) is 13.6 Å². The lowest BCUT2D eigenvalue weighted by atomic mass is 10.1. The van der Waals surface area contributed by atoms with Gasteiger partial charge in [0.1, 0.15) is 17.2 Å². The van der Waals surface area contributed by atoms with Crippen LogP contribution in [0.25, 0.3) is 10.1 Å². The molecule has 0 atom stereocenters. The van der Waals surface area contributed by atoms with Gasteiger partial charge in [0, 0.05) is 21.2 Å². The van der Waals surface area contributed by atoms with Crippen LogP contribution in [0.15, 0.2) is 66.7 Å². The van der Waals surface area contributed by atoms with E-state index in [4.69, 9.17) is 10.00 Å². The number of ether oxygens (including phenoxy) is 1. The van der Waals surface area contributed by atoms with Crippen molar-refractivity contribution in [1.29, 1.82) is 5.26 Å². The lowest BCUT2D eigenvalue weighted by Gasteiger charge is -2.09. The molecule has 0 saturated carbocycles. The van der Waals surface area contributed by atoms with Gasteiger partial charge in [0.2, 0.25) is 5.78 Å². The van der Waals surface area contributed by atoms with E-state index < -0.39 is 11.6 Å². The van der Waals surface area contributed by atoms with Gasteiger partial charge in [0.05, 0.1) is 11.6 Å². The molecule has 0 aliphatic heterocycles. The number of halogens is 2. The molecular formula is C23H13F2NO2S. The van der Waals surface area contributed by atoms with Crippen molar-refractivity contribution in [2.75, 3.05) is 0 Å². The van der Waals surface area contributed by atoms with Crippen molar-refractivity contribution in [3.05, 3.63) is 99.9 Å². The summed E-state index contributed by atoms with van der Waals surface area (Å²) in [7, 11) is 0. The minimum absolute atomic E-state index is 0.0667. The van der Waals surface area contributed by atoms with Crippen LogP contribution < -0.4 is 4.74 Å². The van der Waals surface area contributed by atoms with Crippen molar-refractivity contribution >= 4 is 27.2 Å². The van der Waals surface area contributed by atoms with E-state index in [0.29, 0.717) is 21.8 Å². The van der Waals surface area contributed by atoms with Gasteiger partial charge in [-0.3, -0.25) is 4.79 Å². The number of thiophene rings is 1. The number of nitrogens with zero attached hydrogens (tertiary/aromatic N) is 1. The van der Waals surface area contributed by atoms with Gasteiger partial charge in [-0.05, 0) is 42.5 Å². The topological polar surface area (TPSA) is 50.1 Å². The van der Waals surface area contributed by atoms with E-state index in [-0.39, 0.29) is 18.0 Å². The van der Waals surface area contributed by atoms with Gasteiger partial charge in [-0.2, -0.15) is 5.26 Å².